The fraction of sp³-hybridized carbons (Fsp3) is 0.174. The number of halogens is 2. The first-order valence-corrected chi connectivity index (χ1v) is 9.92. The summed E-state index contributed by atoms with van der Waals surface area (Å²) in [4.78, 5) is 29.7. The average molecular weight is 441 g/mol. The Morgan fingerprint density at radius 1 is 1.23 bits per heavy atom. The molecule has 1 aliphatic rings. The molecule has 6 nitrogen and oxygen atoms in total. The third-order valence-corrected chi connectivity index (χ3v) is 5.26. The molecule has 8 heteroatoms. The fourth-order valence-electron chi connectivity index (χ4n) is 3.50. The summed E-state index contributed by atoms with van der Waals surface area (Å²) in [5.41, 5.74) is 2.81. The Kier molecular flexibility index (Phi) is 5.61. The quantitative estimate of drug-likeness (QED) is 0.643. The Morgan fingerprint density at radius 3 is 2.77 bits per heavy atom. The highest BCUT2D eigenvalue weighted by atomic mass is 35.5. The van der Waals surface area contributed by atoms with Crippen LogP contribution in [-0.2, 0) is 17.8 Å². The monoisotopic (exact) mass is 440 g/mol. The van der Waals surface area contributed by atoms with Gasteiger partial charge in [0.05, 0.1) is 18.5 Å². The van der Waals surface area contributed by atoms with Crippen LogP contribution in [-0.4, -0.2) is 33.1 Å². The summed E-state index contributed by atoms with van der Waals surface area (Å²) in [6.45, 7) is 1.88. The van der Waals surface area contributed by atoms with Crippen molar-refractivity contribution >= 4 is 23.5 Å². The van der Waals surface area contributed by atoms with Gasteiger partial charge < -0.3 is 9.84 Å². The van der Waals surface area contributed by atoms with E-state index in [2.05, 4.69) is 4.98 Å². The highest BCUT2D eigenvalue weighted by Gasteiger charge is 2.31. The largest absolute Gasteiger partial charge is 0.481 e. The molecule has 0 aliphatic carbocycles. The van der Waals surface area contributed by atoms with E-state index in [9.17, 15) is 14.0 Å². The van der Waals surface area contributed by atoms with Crippen molar-refractivity contribution in [3.8, 4) is 17.0 Å². The molecule has 0 saturated carbocycles. The van der Waals surface area contributed by atoms with E-state index in [4.69, 9.17) is 21.4 Å². The van der Waals surface area contributed by atoms with Crippen molar-refractivity contribution < 1.29 is 23.8 Å². The second-order valence-electron chi connectivity index (χ2n) is 7.23. The third kappa shape index (κ3) is 4.36. The first-order valence-electron chi connectivity index (χ1n) is 9.54. The van der Waals surface area contributed by atoms with Crippen LogP contribution in [0.1, 0.15) is 28.4 Å². The zero-order valence-corrected chi connectivity index (χ0v) is 17.3. The van der Waals surface area contributed by atoms with Gasteiger partial charge in [-0.2, -0.15) is 0 Å². The molecule has 2 heterocycles. The van der Waals surface area contributed by atoms with Gasteiger partial charge in [0.15, 0.2) is 6.23 Å². The third-order valence-electron chi connectivity index (χ3n) is 5.03. The van der Waals surface area contributed by atoms with E-state index < -0.39 is 23.9 Å². The molecular formula is C23H18ClFN2O4. The van der Waals surface area contributed by atoms with Crippen LogP contribution in [0.15, 0.2) is 54.7 Å². The van der Waals surface area contributed by atoms with Gasteiger partial charge in [0.1, 0.15) is 5.82 Å². The van der Waals surface area contributed by atoms with E-state index in [0.29, 0.717) is 17.0 Å². The fourth-order valence-corrected chi connectivity index (χ4v) is 3.66. The van der Waals surface area contributed by atoms with E-state index >= 15 is 0 Å². The van der Waals surface area contributed by atoms with Crippen molar-refractivity contribution in [1.29, 1.82) is 0 Å². The van der Waals surface area contributed by atoms with Gasteiger partial charge in [0, 0.05) is 22.3 Å². The maximum atomic E-state index is 14.3. The van der Waals surface area contributed by atoms with Crippen molar-refractivity contribution in [2.24, 2.45) is 0 Å². The maximum Gasteiger partial charge on any atom is 0.307 e. The van der Waals surface area contributed by atoms with Gasteiger partial charge in [-0.1, -0.05) is 35.9 Å². The number of carboxylic acid groups (broad SMARTS) is 1. The molecule has 1 amide bonds. The van der Waals surface area contributed by atoms with E-state index in [0.717, 1.165) is 17.2 Å². The number of aliphatic carboxylic acids is 1. The SMILES string of the molecule is CC1Oc2ncc(-c3cccc(CC(=O)O)c3)cc2CN1C(=O)c1ccc(Cl)cc1F. The van der Waals surface area contributed by atoms with Crippen molar-refractivity contribution in [2.75, 3.05) is 0 Å². The Labute approximate surface area is 182 Å². The lowest BCUT2D eigenvalue weighted by atomic mass is 10.0. The van der Waals surface area contributed by atoms with Gasteiger partial charge in [-0.15, -0.1) is 0 Å². The number of aromatic nitrogens is 1. The Bertz CT molecular complexity index is 1180. The topological polar surface area (TPSA) is 79.7 Å². The molecule has 1 N–H and O–H groups in total. The minimum Gasteiger partial charge on any atom is -0.481 e. The minimum atomic E-state index is -0.910. The molecule has 1 atom stereocenters. The standard InChI is InChI=1S/C23H18ClFN2O4/c1-13-27(23(30)19-6-5-18(24)10-20(19)25)12-17-9-16(11-26-22(17)31-13)15-4-2-3-14(7-15)8-21(28)29/h2-7,9-11,13H,8,12H2,1H3,(H,28,29). The van der Waals surface area contributed by atoms with Crippen molar-refractivity contribution in [1.82, 2.24) is 9.88 Å². The van der Waals surface area contributed by atoms with Gasteiger partial charge in [0.2, 0.25) is 5.88 Å². The summed E-state index contributed by atoms with van der Waals surface area (Å²) >= 11 is 5.79. The molecule has 3 aromatic rings. The number of carbonyl (C=O) groups is 2. The van der Waals surface area contributed by atoms with E-state index in [1.807, 2.05) is 12.1 Å². The summed E-state index contributed by atoms with van der Waals surface area (Å²) in [5.74, 6) is -1.72. The van der Waals surface area contributed by atoms with Crippen LogP contribution in [0.3, 0.4) is 0 Å². The Balaban J connectivity index is 1.63. The summed E-state index contributed by atoms with van der Waals surface area (Å²) in [6.07, 6.45) is 0.927. The lowest BCUT2D eigenvalue weighted by Crippen LogP contribution is -2.44. The lowest BCUT2D eigenvalue weighted by Gasteiger charge is -2.34. The molecular weight excluding hydrogens is 423 g/mol. The number of nitrogens with zero attached hydrogens (tertiary/aromatic N) is 2. The second kappa shape index (κ2) is 8.35. The molecule has 0 saturated heterocycles. The first kappa shape index (κ1) is 20.8. The predicted octanol–water partition coefficient (Wildman–Crippen LogP) is 4.55. The van der Waals surface area contributed by atoms with Crippen LogP contribution in [0.5, 0.6) is 5.88 Å². The van der Waals surface area contributed by atoms with Crippen molar-refractivity contribution in [2.45, 2.75) is 26.1 Å². The number of hydrogen-bond acceptors (Lipinski definition) is 4. The van der Waals surface area contributed by atoms with Crippen LogP contribution >= 0.6 is 11.6 Å². The molecule has 0 fully saturated rings. The molecule has 31 heavy (non-hydrogen) atoms. The van der Waals surface area contributed by atoms with Crippen LogP contribution in [0.4, 0.5) is 4.39 Å². The predicted molar refractivity (Wildman–Crippen MR) is 112 cm³/mol. The molecule has 1 unspecified atom stereocenters. The van der Waals surface area contributed by atoms with Gasteiger partial charge in [-0.05, 0) is 42.3 Å². The lowest BCUT2D eigenvalue weighted by molar-refractivity contribution is -0.136. The number of carbonyl (C=O) groups excluding carboxylic acids is 1. The van der Waals surface area contributed by atoms with Crippen molar-refractivity contribution in [3.05, 3.63) is 82.3 Å². The maximum absolute atomic E-state index is 14.3. The number of rotatable bonds is 4. The van der Waals surface area contributed by atoms with Gasteiger partial charge in [-0.3, -0.25) is 14.5 Å². The highest BCUT2D eigenvalue weighted by molar-refractivity contribution is 6.30. The molecule has 0 spiro atoms. The molecule has 2 aromatic carbocycles. The Hall–Kier alpha value is -3.45. The number of carboxylic acids is 1. The van der Waals surface area contributed by atoms with E-state index in [-0.39, 0.29) is 23.6 Å². The van der Waals surface area contributed by atoms with Crippen LogP contribution in [0.2, 0.25) is 5.02 Å². The molecule has 158 valence electrons. The number of hydrogen-bond donors (Lipinski definition) is 1. The zero-order chi connectivity index (χ0) is 22.1. The smallest absolute Gasteiger partial charge is 0.307 e. The molecule has 4 rings (SSSR count). The van der Waals surface area contributed by atoms with E-state index in [1.54, 1.807) is 31.3 Å². The summed E-state index contributed by atoms with van der Waals surface area (Å²) in [5, 5.41) is 9.23. The van der Waals surface area contributed by atoms with E-state index in [1.165, 1.54) is 17.0 Å². The van der Waals surface area contributed by atoms with Gasteiger partial charge >= 0.3 is 5.97 Å². The number of ether oxygens (including phenoxy) is 1. The number of benzene rings is 2. The summed E-state index contributed by atoms with van der Waals surface area (Å²) in [7, 11) is 0. The summed E-state index contributed by atoms with van der Waals surface area (Å²) < 4.78 is 20.1. The Morgan fingerprint density at radius 2 is 2.03 bits per heavy atom. The highest BCUT2D eigenvalue weighted by Crippen LogP contribution is 2.31. The molecule has 0 bridgehead atoms. The molecule has 1 aromatic heterocycles. The first-order chi connectivity index (χ1) is 14.8. The van der Waals surface area contributed by atoms with Crippen molar-refractivity contribution in [3.63, 3.8) is 0 Å². The molecule has 1 aliphatic heterocycles. The second-order valence-corrected chi connectivity index (χ2v) is 7.67. The summed E-state index contributed by atoms with van der Waals surface area (Å²) in [6, 6.07) is 12.9. The van der Waals surface area contributed by atoms with Gasteiger partial charge in [-0.25, -0.2) is 9.37 Å². The number of amides is 1. The van der Waals surface area contributed by atoms with Gasteiger partial charge in [0.25, 0.3) is 5.91 Å². The number of pyridine rings is 1. The number of fused-ring (bicyclic) bond motifs is 1. The van der Waals surface area contributed by atoms with Crippen LogP contribution in [0.25, 0.3) is 11.1 Å². The normalized spacial score (nSPS) is 15.2. The zero-order valence-electron chi connectivity index (χ0n) is 16.5. The van der Waals surface area contributed by atoms with Crippen LogP contribution < -0.4 is 4.74 Å². The average Bonchev–Trinajstić information content (AvgIpc) is 2.72. The molecule has 0 radical (unpaired) electrons. The minimum absolute atomic E-state index is 0.0816. The van der Waals surface area contributed by atoms with Crippen LogP contribution in [0, 0.1) is 5.82 Å².